The maximum absolute atomic E-state index is 10.2. The maximum Gasteiger partial charge on any atom is 0.0605 e. The first kappa shape index (κ1) is 21.5. The summed E-state index contributed by atoms with van der Waals surface area (Å²) in [4.78, 5) is 2.37. The van der Waals surface area contributed by atoms with Gasteiger partial charge in [-0.2, -0.15) is 0 Å². The Balaban J connectivity index is 0.000000882. The number of hydrogen-bond acceptors (Lipinski definition) is 3. The molecule has 1 aliphatic heterocycles. The van der Waals surface area contributed by atoms with Gasteiger partial charge in [-0.3, -0.25) is 0 Å². The highest BCUT2D eigenvalue weighted by molar-refractivity contribution is 5.85. The van der Waals surface area contributed by atoms with Gasteiger partial charge in [-0.15, -0.1) is 24.8 Å². The van der Waals surface area contributed by atoms with Crippen molar-refractivity contribution in [3.05, 3.63) is 0 Å². The van der Waals surface area contributed by atoms with E-state index in [4.69, 9.17) is 0 Å². The predicted molar refractivity (Wildman–Crippen MR) is 98.6 cm³/mol. The van der Waals surface area contributed by atoms with Crippen LogP contribution < -0.4 is 5.32 Å². The Labute approximate surface area is 152 Å². The molecule has 0 aromatic carbocycles. The van der Waals surface area contributed by atoms with Gasteiger partial charge >= 0.3 is 0 Å². The highest BCUT2D eigenvalue weighted by Crippen LogP contribution is 2.55. The van der Waals surface area contributed by atoms with Crippen molar-refractivity contribution in [3.8, 4) is 0 Å². The molecule has 2 atom stereocenters. The Morgan fingerprint density at radius 2 is 1.57 bits per heavy atom. The number of likely N-dealkylation sites (tertiary alicyclic amines) is 1. The predicted octanol–water partition coefficient (Wildman–Crippen LogP) is 1.88. The monoisotopic (exact) mass is 368 g/mol. The Morgan fingerprint density at radius 1 is 1.04 bits per heavy atom. The molecule has 0 aromatic rings. The van der Waals surface area contributed by atoms with Crippen LogP contribution in [0.15, 0.2) is 0 Å². The number of halogens is 2. The Morgan fingerprint density at radius 3 is 2.09 bits per heavy atom. The third kappa shape index (κ3) is 4.34. The van der Waals surface area contributed by atoms with Crippen molar-refractivity contribution in [2.24, 2.45) is 23.7 Å². The first-order valence-electron chi connectivity index (χ1n) is 8.73. The van der Waals surface area contributed by atoms with Crippen molar-refractivity contribution in [3.63, 3.8) is 0 Å². The zero-order chi connectivity index (χ0) is 13.7. The van der Waals surface area contributed by atoms with Crippen LogP contribution in [0.3, 0.4) is 0 Å². The fraction of sp³-hybridized carbons (Fsp3) is 1.00. The Kier molecular flexibility index (Phi) is 7.65. The molecule has 23 heavy (non-hydrogen) atoms. The second kappa shape index (κ2) is 8.20. The smallest absolute Gasteiger partial charge is 0.0605 e. The van der Waals surface area contributed by atoms with Crippen LogP contribution >= 0.6 is 24.8 Å². The SMILES string of the molecule is CN1CCC(O)C(CNC23CC4CC(CC(C4)C2)C3)C1.Cl.Cl.O. The number of rotatable bonds is 3. The molecule has 0 radical (unpaired) electrons. The van der Waals surface area contributed by atoms with E-state index in [1.807, 2.05) is 0 Å². The van der Waals surface area contributed by atoms with Gasteiger partial charge in [-0.1, -0.05) is 0 Å². The van der Waals surface area contributed by atoms with Crippen molar-refractivity contribution in [1.82, 2.24) is 10.2 Å². The van der Waals surface area contributed by atoms with Crippen LogP contribution in [-0.2, 0) is 0 Å². The topological polar surface area (TPSA) is 67.0 Å². The van der Waals surface area contributed by atoms with E-state index in [2.05, 4.69) is 17.3 Å². The van der Waals surface area contributed by atoms with Gasteiger partial charge in [0, 0.05) is 31.1 Å². The van der Waals surface area contributed by atoms with Crippen molar-refractivity contribution in [2.75, 3.05) is 26.7 Å². The molecule has 0 aromatic heterocycles. The Hall–Kier alpha value is 0.420. The third-order valence-electron chi connectivity index (χ3n) is 6.67. The molecule has 4 aliphatic carbocycles. The average molecular weight is 369 g/mol. The minimum absolute atomic E-state index is 0. The summed E-state index contributed by atoms with van der Waals surface area (Å²) in [7, 11) is 2.18. The normalized spacial score (nSPS) is 44.9. The van der Waals surface area contributed by atoms with Crippen LogP contribution in [0.4, 0.5) is 0 Å². The number of hydrogen-bond donors (Lipinski definition) is 2. The summed E-state index contributed by atoms with van der Waals surface area (Å²) in [6, 6.07) is 0. The van der Waals surface area contributed by atoms with Gasteiger partial charge in [0.15, 0.2) is 0 Å². The summed E-state index contributed by atoms with van der Waals surface area (Å²) >= 11 is 0. The zero-order valence-corrected chi connectivity index (χ0v) is 15.8. The van der Waals surface area contributed by atoms with Gasteiger partial charge in [0.05, 0.1) is 6.10 Å². The molecule has 0 amide bonds. The molecule has 4 bridgehead atoms. The van der Waals surface area contributed by atoms with Crippen LogP contribution in [-0.4, -0.2) is 53.8 Å². The number of piperidine rings is 1. The van der Waals surface area contributed by atoms with Gasteiger partial charge in [-0.25, -0.2) is 0 Å². The summed E-state index contributed by atoms with van der Waals surface area (Å²) in [5.41, 5.74) is 0.449. The molecule has 4 saturated carbocycles. The first-order valence-corrected chi connectivity index (χ1v) is 8.73. The molecule has 5 rings (SSSR count). The quantitative estimate of drug-likeness (QED) is 0.798. The van der Waals surface area contributed by atoms with E-state index >= 15 is 0 Å². The largest absolute Gasteiger partial charge is 0.412 e. The second-order valence-corrected chi connectivity index (χ2v) is 8.46. The van der Waals surface area contributed by atoms with Crippen molar-refractivity contribution >= 4 is 24.8 Å². The zero-order valence-electron chi connectivity index (χ0n) is 14.2. The lowest BCUT2D eigenvalue weighted by Crippen LogP contribution is -2.60. The third-order valence-corrected chi connectivity index (χ3v) is 6.67. The van der Waals surface area contributed by atoms with E-state index in [-0.39, 0.29) is 36.4 Å². The lowest BCUT2D eigenvalue weighted by Gasteiger charge is -2.57. The number of nitrogens with zero attached hydrogens (tertiary/aromatic N) is 1. The van der Waals surface area contributed by atoms with E-state index in [9.17, 15) is 5.11 Å². The Bertz CT molecular complexity index is 348. The summed E-state index contributed by atoms with van der Waals surface area (Å²) in [5.74, 6) is 3.45. The lowest BCUT2D eigenvalue weighted by atomic mass is 9.53. The fourth-order valence-corrected chi connectivity index (χ4v) is 6.08. The highest BCUT2D eigenvalue weighted by Gasteiger charge is 2.50. The van der Waals surface area contributed by atoms with E-state index in [0.29, 0.717) is 11.5 Å². The van der Waals surface area contributed by atoms with Crippen molar-refractivity contribution in [2.45, 2.75) is 56.6 Å². The molecule has 1 heterocycles. The molecule has 2 unspecified atom stereocenters. The van der Waals surface area contributed by atoms with Gasteiger partial charge in [-0.05, 0) is 69.7 Å². The summed E-state index contributed by atoms with van der Waals surface area (Å²) in [6.45, 7) is 3.13. The van der Waals surface area contributed by atoms with Crippen LogP contribution in [0.2, 0.25) is 0 Å². The summed E-state index contributed by atoms with van der Waals surface area (Å²) in [6.07, 6.45) is 9.63. The maximum atomic E-state index is 10.2. The average Bonchev–Trinajstić information content (AvgIpc) is 2.38. The molecule has 5 fully saturated rings. The minimum Gasteiger partial charge on any atom is -0.412 e. The summed E-state index contributed by atoms with van der Waals surface area (Å²) < 4.78 is 0. The van der Waals surface area contributed by atoms with Crippen LogP contribution in [0.5, 0.6) is 0 Å². The lowest BCUT2D eigenvalue weighted by molar-refractivity contribution is -0.0297. The molecule has 138 valence electrons. The molecule has 5 aliphatic rings. The van der Waals surface area contributed by atoms with E-state index in [0.717, 1.165) is 43.8 Å². The van der Waals surface area contributed by atoms with Crippen LogP contribution in [0, 0.1) is 23.7 Å². The minimum atomic E-state index is -0.0902. The van der Waals surface area contributed by atoms with Gasteiger partial charge in [0.25, 0.3) is 0 Å². The van der Waals surface area contributed by atoms with E-state index in [1.54, 1.807) is 0 Å². The highest BCUT2D eigenvalue weighted by atomic mass is 35.5. The molecule has 1 saturated heterocycles. The van der Waals surface area contributed by atoms with Gasteiger partial charge in [0.2, 0.25) is 0 Å². The van der Waals surface area contributed by atoms with Crippen molar-refractivity contribution < 1.29 is 10.6 Å². The molecule has 4 nitrogen and oxygen atoms in total. The first-order chi connectivity index (χ1) is 9.62. The second-order valence-electron chi connectivity index (χ2n) is 8.46. The van der Waals surface area contributed by atoms with Gasteiger partial charge < -0.3 is 20.8 Å². The van der Waals surface area contributed by atoms with Crippen LogP contribution in [0.25, 0.3) is 0 Å². The molecular weight excluding hydrogens is 335 g/mol. The van der Waals surface area contributed by atoms with Crippen molar-refractivity contribution in [1.29, 1.82) is 0 Å². The number of aliphatic hydroxyl groups excluding tert-OH is 1. The van der Waals surface area contributed by atoms with E-state index < -0.39 is 0 Å². The molecule has 0 spiro atoms. The van der Waals surface area contributed by atoms with E-state index in [1.165, 1.54) is 38.5 Å². The fourth-order valence-electron chi connectivity index (χ4n) is 6.08. The van der Waals surface area contributed by atoms with Crippen LogP contribution in [0.1, 0.15) is 44.9 Å². The number of aliphatic hydroxyl groups is 1. The number of nitrogens with one attached hydrogen (secondary N) is 1. The molecule has 4 N–H and O–H groups in total. The molecular formula is C17H34Cl2N2O2. The summed E-state index contributed by atoms with van der Waals surface area (Å²) in [5, 5.41) is 14.2. The standard InChI is InChI=1S/C17H30N2O.2ClH.H2O/c1-19-3-2-16(20)15(11-19)10-18-17-7-12-4-13(8-17)6-14(5-12)9-17;;;/h12-16,18,20H,2-11H2,1H3;2*1H;1H2. The van der Waals surface area contributed by atoms with Gasteiger partial charge in [0.1, 0.15) is 0 Å². The molecule has 6 heteroatoms.